The molecule has 0 bridgehead atoms. The molecule has 3 N–H and O–H groups in total. The molecule has 1 unspecified atom stereocenters. The maximum Gasteiger partial charge on any atom is 0.251 e. The van der Waals surface area contributed by atoms with Crippen LogP contribution in [0.1, 0.15) is 23.7 Å². The third kappa shape index (κ3) is 3.25. The van der Waals surface area contributed by atoms with Crippen molar-refractivity contribution in [2.75, 3.05) is 6.54 Å². The zero-order chi connectivity index (χ0) is 12.4. The number of nitrogens with zero attached hydrogens (tertiary/aromatic N) is 1. The standard InChI is InChI=1S/C11H14ClN3O2.ClH/c1-6(9-2-3-14-9)17-7-4-8(11(13)16)10(12)15-5-7;/h4-6,9,14H,2-3H2,1H3,(H2,13,16);1H/t6?,9-;/m0./s1. The van der Waals surface area contributed by atoms with Crippen molar-refractivity contribution in [1.82, 2.24) is 10.3 Å². The Kier molecular flexibility index (Phi) is 5.19. The molecule has 18 heavy (non-hydrogen) atoms. The highest BCUT2D eigenvalue weighted by Crippen LogP contribution is 2.21. The minimum Gasteiger partial charge on any atom is -0.487 e. The van der Waals surface area contributed by atoms with Crippen LogP contribution >= 0.6 is 24.0 Å². The van der Waals surface area contributed by atoms with E-state index in [9.17, 15) is 4.79 Å². The van der Waals surface area contributed by atoms with Crippen LogP contribution in [0.25, 0.3) is 0 Å². The minimum atomic E-state index is -0.609. The van der Waals surface area contributed by atoms with Crippen molar-refractivity contribution in [3.8, 4) is 5.75 Å². The SMILES string of the molecule is CC(Oc1cnc(Cl)c(C(N)=O)c1)[C@@H]1CCN1.Cl. The molecule has 2 atom stereocenters. The number of aromatic nitrogens is 1. The summed E-state index contributed by atoms with van der Waals surface area (Å²) in [6, 6.07) is 1.87. The Labute approximate surface area is 116 Å². The lowest BCUT2D eigenvalue weighted by atomic mass is 10.0. The third-order valence-corrected chi connectivity index (χ3v) is 3.13. The summed E-state index contributed by atoms with van der Waals surface area (Å²) in [5.41, 5.74) is 5.36. The Morgan fingerprint density at radius 1 is 1.72 bits per heavy atom. The summed E-state index contributed by atoms with van der Waals surface area (Å²) in [6.45, 7) is 2.99. The maximum atomic E-state index is 11.1. The smallest absolute Gasteiger partial charge is 0.251 e. The number of hydrogen-bond acceptors (Lipinski definition) is 4. The zero-order valence-electron chi connectivity index (χ0n) is 9.85. The van der Waals surface area contributed by atoms with Gasteiger partial charge in [0.05, 0.1) is 11.8 Å². The number of hydrogen-bond donors (Lipinski definition) is 2. The molecule has 1 aliphatic heterocycles. The van der Waals surface area contributed by atoms with Crippen LogP contribution in [0.2, 0.25) is 5.15 Å². The molecule has 0 aliphatic carbocycles. The highest BCUT2D eigenvalue weighted by Gasteiger charge is 2.24. The van der Waals surface area contributed by atoms with Gasteiger partial charge in [-0.25, -0.2) is 4.98 Å². The van der Waals surface area contributed by atoms with Crippen LogP contribution in [-0.4, -0.2) is 29.6 Å². The first-order chi connectivity index (χ1) is 8.08. The summed E-state index contributed by atoms with van der Waals surface area (Å²) >= 11 is 5.75. The van der Waals surface area contributed by atoms with Crippen LogP contribution in [0.4, 0.5) is 0 Å². The van der Waals surface area contributed by atoms with Crippen molar-refractivity contribution < 1.29 is 9.53 Å². The van der Waals surface area contributed by atoms with Crippen LogP contribution in [-0.2, 0) is 0 Å². The van der Waals surface area contributed by atoms with E-state index in [1.165, 1.54) is 12.3 Å². The molecule has 0 spiro atoms. The van der Waals surface area contributed by atoms with E-state index >= 15 is 0 Å². The van der Waals surface area contributed by atoms with Gasteiger partial charge in [0, 0.05) is 6.04 Å². The quantitative estimate of drug-likeness (QED) is 0.822. The van der Waals surface area contributed by atoms with Crippen molar-refractivity contribution in [2.45, 2.75) is 25.5 Å². The van der Waals surface area contributed by atoms with Crippen LogP contribution in [0.15, 0.2) is 12.3 Å². The number of amides is 1. The Morgan fingerprint density at radius 3 is 2.89 bits per heavy atom. The first-order valence-electron chi connectivity index (χ1n) is 5.43. The van der Waals surface area contributed by atoms with E-state index in [1.54, 1.807) is 0 Å². The number of carbonyl (C=O) groups excluding carboxylic acids is 1. The molecule has 0 radical (unpaired) electrons. The van der Waals surface area contributed by atoms with E-state index in [0.29, 0.717) is 11.8 Å². The fraction of sp³-hybridized carbons (Fsp3) is 0.455. The molecule has 1 aliphatic rings. The van der Waals surface area contributed by atoms with Crippen LogP contribution in [0.3, 0.4) is 0 Å². The number of carbonyl (C=O) groups is 1. The molecule has 2 heterocycles. The summed E-state index contributed by atoms with van der Waals surface area (Å²) in [6.07, 6.45) is 2.60. The number of nitrogens with one attached hydrogen (secondary N) is 1. The van der Waals surface area contributed by atoms with Crippen molar-refractivity contribution in [1.29, 1.82) is 0 Å². The Morgan fingerprint density at radius 2 is 2.39 bits per heavy atom. The largest absolute Gasteiger partial charge is 0.487 e. The van der Waals surface area contributed by atoms with Gasteiger partial charge >= 0.3 is 0 Å². The Bertz CT molecular complexity index is 438. The number of ether oxygens (including phenoxy) is 1. The molecule has 0 saturated carbocycles. The van der Waals surface area contributed by atoms with E-state index in [0.717, 1.165) is 13.0 Å². The molecule has 1 saturated heterocycles. The highest BCUT2D eigenvalue weighted by molar-refractivity contribution is 6.32. The average Bonchev–Trinajstić information content (AvgIpc) is 2.17. The molecule has 1 aromatic rings. The second-order valence-corrected chi connectivity index (χ2v) is 4.40. The first-order valence-corrected chi connectivity index (χ1v) is 5.81. The van der Waals surface area contributed by atoms with Gasteiger partial charge in [0.25, 0.3) is 5.91 Å². The van der Waals surface area contributed by atoms with E-state index in [4.69, 9.17) is 22.1 Å². The molecule has 7 heteroatoms. The summed E-state index contributed by atoms with van der Waals surface area (Å²) in [7, 11) is 0. The van der Waals surface area contributed by atoms with Gasteiger partial charge in [-0.05, 0) is 26.0 Å². The monoisotopic (exact) mass is 291 g/mol. The third-order valence-electron chi connectivity index (χ3n) is 2.83. The summed E-state index contributed by atoms with van der Waals surface area (Å²) in [5, 5.41) is 3.35. The van der Waals surface area contributed by atoms with E-state index in [2.05, 4.69) is 10.3 Å². The van der Waals surface area contributed by atoms with Gasteiger partial charge < -0.3 is 15.8 Å². The van der Waals surface area contributed by atoms with Gasteiger partial charge in [-0.2, -0.15) is 0 Å². The van der Waals surface area contributed by atoms with Gasteiger partial charge in [-0.1, -0.05) is 11.6 Å². The predicted octanol–water partition coefficient (Wildman–Crippen LogP) is 1.38. The van der Waals surface area contributed by atoms with Gasteiger partial charge in [-0.15, -0.1) is 12.4 Å². The van der Waals surface area contributed by atoms with E-state index < -0.39 is 5.91 Å². The second kappa shape index (κ2) is 6.22. The summed E-state index contributed by atoms with van der Waals surface area (Å²) < 4.78 is 5.67. The molecule has 1 fully saturated rings. The maximum absolute atomic E-state index is 11.1. The van der Waals surface area contributed by atoms with Crippen LogP contribution in [0.5, 0.6) is 5.75 Å². The fourth-order valence-corrected chi connectivity index (χ4v) is 1.87. The number of nitrogens with two attached hydrogens (primary N) is 1. The molecular formula is C11H15Cl2N3O2. The van der Waals surface area contributed by atoms with E-state index in [-0.39, 0.29) is 29.2 Å². The number of primary amides is 1. The van der Waals surface area contributed by atoms with Gasteiger partial charge in [0.15, 0.2) is 0 Å². The summed E-state index contributed by atoms with van der Waals surface area (Å²) in [5.74, 6) is -0.105. The topological polar surface area (TPSA) is 77.2 Å². The molecule has 1 aromatic heterocycles. The Hall–Kier alpha value is -1.04. The Balaban J connectivity index is 0.00000162. The predicted molar refractivity (Wildman–Crippen MR) is 71.5 cm³/mol. The minimum absolute atomic E-state index is 0. The molecule has 0 aromatic carbocycles. The summed E-state index contributed by atoms with van der Waals surface area (Å²) in [4.78, 5) is 15.0. The van der Waals surface area contributed by atoms with Crippen molar-refractivity contribution in [3.63, 3.8) is 0 Å². The van der Waals surface area contributed by atoms with Gasteiger partial charge in [-0.3, -0.25) is 4.79 Å². The highest BCUT2D eigenvalue weighted by atomic mass is 35.5. The molecule has 1 amide bonds. The molecule has 2 rings (SSSR count). The van der Waals surface area contributed by atoms with E-state index in [1.807, 2.05) is 6.92 Å². The molecule has 100 valence electrons. The lowest BCUT2D eigenvalue weighted by Gasteiger charge is -2.33. The lowest BCUT2D eigenvalue weighted by Crippen LogP contribution is -2.51. The van der Waals surface area contributed by atoms with Crippen LogP contribution < -0.4 is 15.8 Å². The van der Waals surface area contributed by atoms with Gasteiger partial charge in [0.1, 0.15) is 17.0 Å². The average molecular weight is 292 g/mol. The van der Waals surface area contributed by atoms with Crippen molar-refractivity contribution in [3.05, 3.63) is 23.0 Å². The number of pyridine rings is 1. The van der Waals surface area contributed by atoms with Crippen molar-refractivity contribution >= 4 is 29.9 Å². The van der Waals surface area contributed by atoms with Gasteiger partial charge in [0.2, 0.25) is 0 Å². The first kappa shape index (κ1) is 15.0. The van der Waals surface area contributed by atoms with Crippen molar-refractivity contribution in [2.24, 2.45) is 5.73 Å². The molecule has 5 nitrogen and oxygen atoms in total. The normalized spacial score (nSPS) is 19.3. The second-order valence-electron chi connectivity index (χ2n) is 4.05. The number of halogens is 2. The molecular weight excluding hydrogens is 277 g/mol. The number of rotatable bonds is 4. The fourth-order valence-electron chi connectivity index (χ4n) is 1.67. The van der Waals surface area contributed by atoms with Crippen LogP contribution in [0, 0.1) is 0 Å². The zero-order valence-corrected chi connectivity index (χ0v) is 11.4. The lowest BCUT2D eigenvalue weighted by molar-refractivity contribution is 0.0998.